The maximum absolute atomic E-state index is 14.1. The van der Waals surface area contributed by atoms with Crippen LogP contribution in [0.4, 0.5) is 16.2 Å². The van der Waals surface area contributed by atoms with Crippen molar-refractivity contribution < 1.29 is 24.2 Å². The van der Waals surface area contributed by atoms with Crippen molar-refractivity contribution in [1.82, 2.24) is 9.80 Å². The molecule has 0 fully saturated rings. The molecule has 0 aromatic heterocycles. The van der Waals surface area contributed by atoms with Crippen molar-refractivity contribution in [1.29, 1.82) is 0 Å². The van der Waals surface area contributed by atoms with Crippen LogP contribution in [-0.2, 0) is 4.74 Å². The Balaban J connectivity index is 1.88. The summed E-state index contributed by atoms with van der Waals surface area (Å²) in [5, 5.41) is 13.0. The van der Waals surface area contributed by atoms with Gasteiger partial charge in [-0.2, -0.15) is 0 Å². The Labute approximate surface area is 239 Å². The molecule has 40 heavy (non-hydrogen) atoms. The van der Waals surface area contributed by atoms with Crippen molar-refractivity contribution in [3.8, 4) is 5.75 Å². The molecular formula is C31H46N4O5. The number of nitrogens with zero attached hydrogens (tertiary/aromatic N) is 3. The first-order chi connectivity index (χ1) is 19.1. The van der Waals surface area contributed by atoms with Gasteiger partial charge < -0.3 is 34.6 Å². The van der Waals surface area contributed by atoms with E-state index >= 15 is 0 Å². The molecule has 2 aromatic rings. The monoisotopic (exact) mass is 554 g/mol. The van der Waals surface area contributed by atoms with E-state index in [-0.39, 0.29) is 36.7 Å². The Bertz CT molecular complexity index is 1100. The van der Waals surface area contributed by atoms with E-state index in [9.17, 15) is 14.7 Å². The summed E-state index contributed by atoms with van der Waals surface area (Å²) in [5.74, 6) is 0.228. The molecule has 9 heteroatoms. The molecule has 0 bridgehead atoms. The normalized spacial score (nSPS) is 21.4. The Morgan fingerprint density at radius 3 is 2.52 bits per heavy atom. The molecule has 4 atom stereocenters. The number of anilines is 2. The predicted octanol–water partition coefficient (Wildman–Crippen LogP) is 4.71. The lowest BCUT2D eigenvalue weighted by Gasteiger charge is -2.36. The van der Waals surface area contributed by atoms with E-state index < -0.39 is 6.04 Å². The van der Waals surface area contributed by atoms with Crippen molar-refractivity contribution in [2.24, 2.45) is 5.92 Å². The zero-order valence-electron chi connectivity index (χ0n) is 24.8. The highest BCUT2D eigenvalue weighted by Gasteiger charge is 2.31. The van der Waals surface area contributed by atoms with Crippen molar-refractivity contribution in [2.45, 2.75) is 58.3 Å². The number of hydrogen-bond donors (Lipinski definition) is 2. The average molecular weight is 555 g/mol. The molecular weight excluding hydrogens is 508 g/mol. The fraction of sp³-hybridized carbons (Fsp3) is 0.548. The summed E-state index contributed by atoms with van der Waals surface area (Å²) in [6.45, 7) is 6.95. The quantitative estimate of drug-likeness (QED) is 0.537. The van der Waals surface area contributed by atoms with Gasteiger partial charge in [0.25, 0.3) is 5.91 Å². The molecule has 220 valence electrons. The molecule has 3 amide bonds. The van der Waals surface area contributed by atoms with Gasteiger partial charge in [-0.3, -0.25) is 4.79 Å². The van der Waals surface area contributed by atoms with Gasteiger partial charge in [-0.1, -0.05) is 25.1 Å². The van der Waals surface area contributed by atoms with Crippen LogP contribution in [0.25, 0.3) is 0 Å². The molecule has 2 aromatic carbocycles. The van der Waals surface area contributed by atoms with E-state index in [1.807, 2.05) is 88.3 Å². The Hall–Kier alpha value is -3.30. The summed E-state index contributed by atoms with van der Waals surface area (Å²) in [4.78, 5) is 32.3. The van der Waals surface area contributed by atoms with Crippen molar-refractivity contribution in [3.05, 3.63) is 54.1 Å². The van der Waals surface area contributed by atoms with E-state index in [4.69, 9.17) is 9.47 Å². The first kappa shape index (κ1) is 31.2. The zero-order valence-corrected chi connectivity index (χ0v) is 24.8. The molecule has 0 saturated carbocycles. The highest BCUT2D eigenvalue weighted by Crippen LogP contribution is 2.29. The van der Waals surface area contributed by atoms with Gasteiger partial charge >= 0.3 is 6.03 Å². The minimum atomic E-state index is -0.420. The van der Waals surface area contributed by atoms with Crippen LogP contribution in [0.5, 0.6) is 5.75 Å². The van der Waals surface area contributed by atoms with Crippen LogP contribution in [0.2, 0.25) is 0 Å². The smallest absolute Gasteiger partial charge is 0.321 e. The fourth-order valence-electron chi connectivity index (χ4n) is 4.74. The summed E-state index contributed by atoms with van der Waals surface area (Å²) in [7, 11) is 5.61. The van der Waals surface area contributed by atoms with Crippen molar-refractivity contribution >= 4 is 23.3 Å². The maximum Gasteiger partial charge on any atom is 0.321 e. The number of aliphatic hydroxyl groups is 1. The Kier molecular flexibility index (Phi) is 11.6. The first-order valence-electron chi connectivity index (χ1n) is 14.2. The van der Waals surface area contributed by atoms with Gasteiger partial charge in [0.1, 0.15) is 5.75 Å². The molecule has 1 heterocycles. The number of aliphatic hydroxyl groups excluding tert-OH is 1. The number of likely N-dealkylation sites (N-methyl/N-ethyl adjacent to an activating group) is 1. The predicted molar refractivity (Wildman–Crippen MR) is 159 cm³/mol. The van der Waals surface area contributed by atoms with Crippen LogP contribution < -0.4 is 15.0 Å². The number of amides is 3. The third kappa shape index (κ3) is 8.60. The Morgan fingerprint density at radius 2 is 1.85 bits per heavy atom. The second-order valence-corrected chi connectivity index (χ2v) is 11.1. The van der Waals surface area contributed by atoms with Crippen LogP contribution in [0.1, 0.15) is 50.4 Å². The van der Waals surface area contributed by atoms with E-state index in [0.29, 0.717) is 31.0 Å². The average Bonchev–Trinajstić information content (AvgIpc) is 2.94. The molecule has 9 nitrogen and oxygen atoms in total. The lowest BCUT2D eigenvalue weighted by Crippen LogP contribution is -2.48. The van der Waals surface area contributed by atoms with Gasteiger partial charge in [0, 0.05) is 58.1 Å². The van der Waals surface area contributed by atoms with Gasteiger partial charge in [-0.05, 0) is 63.4 Å². The minimum absolute atomic E-state index is 0.0778. The molecule has 0 spiro atoms. The van der Waals surface area contributed by atoms with Gasteiger partial charge in [-0.25, -0.2) is 4.79 Å². The summed E-state index contributed by atoms with van der Waals surface area (Å²) < 4.78 is 12.6. The largest absolute Gasteiger partial charge is 0.490 e. The lowest BCUT2D eigenvalue weighted by atomic mass is 10.0. The molecule has 0 unspecified atom stereocenters. The van der Waals surface area contributed by atoms with E-state index in [1.165, 1.54) is 0 Å². The summed E-state index contributed by atoms with van der Waals surface area (Å²) >= 11 is 0. The molecule has 2 N–H and O–H groups in total. The standard InChI is InChI=1S/C31H46N4O5/c1-22-19-35(23(2)21-36)30(37)27-18-26(33(4)5)15-16-28(27)40-24(3)12-10-11-17-39-29(22)20-34(6)31(38)32-25-13-8-7-9-14-25/h7-9,13-16,18,22-24,29,36H,10-12,17,19-21H2,1-6H3,(H,32,38)/t22-,23+,24+,29-/m0/s1. The number of fused-ring (bicyclic) bond motifs is 1. The number of benzene rings is 2. The zero-order chi connectivity index (χ0) is 29.2. The number of ether oxygens (including phenoxy) is 2. The number of para-hydroxylation sites is 1. The molecule has 0 radical (unpaired) electrons. The number of urea groups is 1. The van der Waals surface area contributed by atoms with Crippen LogP contribution in [0, 0.1) is 5.92 Å². The maximum atomic E-state index is 14.1. The summed E-state index contributed by atoms with van der Waals surface area (Å²) in [6, 6.07) is 14.4. The second kappa shape index (κ2) is 14.9. The third-order valence-corrected chi connectivity index (χ3v) is 7.38. The third-order valence-electron chi connectivity index (χ3n) is 7.38. The Morgan fingerprint density at radius 1 is 1.12 bits per heavy atom. The summed E-state index contributed by atoms with van der Waals surface area (Å²) in [6.07, 6.45) is 2.21. The molecule has 0 aliphatic carbocycles. The summed E-state index contributed by atoms with van der Waals surface area (Å²) in [5.41, 5.74) is 2.08. The van der Waals surface area contributed by atoms with Gasteiger partial charge in [0.2, 0.25) is 0 Å². The highest BCUT2D eigenvalue weighted by molar-refractivity contribution is 5.98. The van der Waals surface area contributed by atoms with Crippen molar-refractivity contribution in [2.75, 3.05) is 57.7 Å². The number of carbonyl (C=O) groups excluding carboxylic acids is 2. The molecule has 3 rings (SSSR count). The lowest BCUT2D eigenvalue weighted by molar-refractivity contribution is -0.0115. The topological polar surface area (TPSA) is 94.6 Å². The molecule has 1 aliphatic heterocycles. The number of rotatable bonds is 6. The van der Waals surface area contributed by atoms with Crippen LogP contribution in [0.15, 0.2) is 48.5 Å². The van der Waals surface area contributed by atoms with E-state index in [1.54, 1.807) is 16.8 Å². The fourth-order valence-corrected chi connectivity index (χ4v) is 4.74. The van der Waals surface area contributed by atoms with Gasteiger partial charge in [-0.15, -0.1) is 0 Å². The molecule has 1 aliphatic rings. The molecule has 0 saturated heterocycles. The van der Waals surface area contributed by atoms with Crippen LogP contribution >= 0.6 is 0 Å². The highest BCUT2D eigenvalue weighted by atomic mass is 16.5. The van der Waals surface area contributed by atoms with Crippen molar-refractivity contribution in [3.63, 3.8) is 0 Å². The number of hydrogen-bond acceptors (Lipinski definition) is 6. The van der Waals surface area contributed by atoms with Crippen LogP contribution in [-0.4, -0.2) is 92.5 Å². The number of nitrogens with one attached hydrogen (secondary N) is 1. The van der Waals surface area contributed by atoms with Crippen LogP contribution in [0.3, 0.4) is 0 Å². The second-order valence-electron chi connectivity index (χ2n) is 11.1. The van der Waals surface area contributed by atoms with E-state index in [2.05, 4.69) is 5.32 Å². The number of carbonyl (C=O) groups is 2. The SMILES string of the molecule is C[C@@H]1CCCCO[C@@H](CN(C)C(=O)Nc2ccccc2)[C@@H](C)CN([C@H](C)CO)C(=O)c2cc(N(C)C)ccc2O1. The van der Waals surface area contributed by atoms with Gasteiger partial charge in [0.05, 0.1) is 30.4 Å². The first-order valence-corrected chi connectivity index (χ1v) is 14.2. The van der Waals surface area contributed by atoms with E-state index in [0.717, 1.165) is 30.6 Å². The van der Waals surface area contributed by atoms with Gasteiger partial charge in [0.15, 0.2) is 0 Å². The minimum Gasteiger partial charge on any atom is -0.490 e.